The van der Waals surface area contributed by atoms with Gasteiger partial charge in [0.25, 0.3) is 0 Å². The Hall–Kier alpha value is -1.65. The molecule has 5 aliphatic heterocycles. The molecular weight excluding hydrogens is 324 g/mol. The minimum atomic E-state index is -0.0526. The SMILES string of the molecule is CC1C(=O)N2c3ccccc3[C@@]34CCN5CC6=CCO[C@@H]1[C@@H]([C@H]23)[C@H]6C[C@H]54. The third-order valence-corrected chi connectivity index (χ3v) is 8.62. The highest BCUT2D eigenvalue weighted by atomic mass is 16.5. The maximum absolute atomic E-state index is 13.5. The van der Waals surface area contributed by atoms with Gasteiger partial charge in [-0.05, 0) is 36.9 Å². The molecule has 1 saturated carbocycles. The van der Waals surface area contributed by atoms with Crippen molar-refractivity contribution in [1.29, 1.82) is 0 Å². The normalized spacial score (nSPS) is 47.5. The van der Waals surface area contributed by atoms with Crippen molar-refractivity contribution in [2.75, 3.05) is 24.6 Å². The second kappa shape index (κ2) is 4.42. The van der Waals surface area contributed by atoms with E-state index >= 15 is 0 Å². The molecule has 1 aliphatic carbocycles. The van der Waals surface area contributed by atoms with Crippen molar-refractivity contribution >= 4 is 11.6 Å². The van der Waals surface area contributed by atoms with Crippen LogP contribution in [-0.2, 0) is 14.9 Å². The molecule has 0 N–H and O–H groups in total. The fraction of sp³-hybridized carbons (Fsp3) is 0.591. The first kappa shape index (κ1) is 14.4. The Balaban J connectivity index is 1.56. The zero-order valence-electron chi connectivity index (χ0n) is 15.1. The number of carbonyl (C=O) groups is 1. The highest BCUT2D eigenvalue weighted by Gasteiger charge is 2.71. The second-order valence-corrected chi connectivity index (χ2v) is 9.23. The smallest absolute Gasteiger partial charge is 0.232 e. The number of carbonyl (C=O) groups excluding carboxylic acids is 1. The summed E-state index contributed by atoms with van der Waals surface area (Å²) in [5.74, 6) is 1.26. The number of hydrogen-bond donors (Lipinski definition) is 0. The Bertz CT molecular complexity index is 879. The summed E-state index contributed by atoms with van der Waals surface area (Å²) >= 11 is 0. The van der Waals surface area contributed by atoms with E-state index in [-0.39, 0.29) is 29.4 Å². The van der Waals surface area contributed by atoms with E-state index in [0.29, 0.717) is 24.5 Å². The molecule has 7 rings (SSSR count). The van der Waals surface area contributed by atoms with Gasteiger partial charge in [-0.15, -0.1) is 0 Å². The van der Waals surface area contributed by atoms with Gasteiger partial charge in [-0.2, -0.15) is 0 Å². The number of nitrogens with zero attached hydrogens (tertiary/aromatic N) is 2. The number of fused-ring (bicyclic) bond motifs is 2. The first-order chi connectivity index (χ1) is 12.7. The number of ether oxygens (including phenoxy) is 1. The minimum Gasteiger partial charge on any atom is -0.373 e. The molecule has 1 aromatic rings. The van der Waals surface area contributed by atoms with Gasteiger partial charge in [-0.1, -0.05) is 36.8 Å². The predicted molar refractivity (Wildman–Crippen MR) is 98.0 cm³/mol. The summed E-state index contributed by atoms with van der Waals surface area (Å²) in [5, 5.41) is 0. The van der Waals surface area contributed by atoms with Crippen LogP contribution < -0.4 is 4.90 Å². The molecule has 26 heavy (non-hydrogen) atoms. The van der Waals surface area contributed by atoms with Crippen LogP contribution in [0, 0.1) is 17.8 Å². The number of para-hydroxylation sites is 1. The van der Waals surface area contributed by atoms with Crippen LogP contribution in [-0.4, -0.2) is 48.7 Å². The minimum absolute atomic E-state index is 0.0526. The molecule has 2 bridgehead atoms. The largest absolute Gasteiger partial charge is 0.373 e. The summed E-state index contributed by atoms with van der Waals surface area (Å²) in [6, 6.07) is 9.64. The number of rotatable bonds is 0. The molecule has 1 aromatic carbocycles. The summed E-state index contributed by atoms with van der Waals surface area (Å²) < 4.78 is 6.36. The standard InChI is InChI=1S/C22H24N2O2/c1-12-19-18-14-10-17-22(7-8-23(17)11-13(14)6-9-26-19)15-4-2-3-5-16(15)24(20(18)22)21(12)25/h2-6,12,14,17-20H,7-11H2,1H3/t12?,14-,17-,18-,19-,20-,22+/m0/s1. The van der Waals surface area contributed by atoms with Crippen molar-refractivity contribution in [2.24, 2.45) is 17.8 Å². The molecule has 4 nitrogen and oxygen atoms in total. The molecule has 4 heteroatoms. The van der Waals surface area contributed by atoms with E-state index in [1.54, 1.807) is 5.57 Å². The monoisotopic (exact) mass is 348 g/mol. The van der Waals surface area contributed by atoms with Crippen LogP contribution in [0.2, 0.25) is 0 Å². The Morgan fingerprint density at radius 2 is 2.15 bits per heavy atom. The molecule has 1 spiro atoms. The van der Waals surface area contributed by atoms with Crippen molar-refractivity contribution in [2.45, 2.75) is 43.4 Å². The van der Waals surface area contributed by atoms with Gasteiger partial charge in [0.1, 0.15) is 0 Å². The molecular formula is C22H24N2O2. The second-order valence-electron chi connectivity index (χ2n) is 9.23. The van der Waals surface area contributed by atoms with Crippen LogP contribution in [0.4, 0.5) is 5.69 Å². The molecule has 5 heterocycles. The lowest BCUT2D eigenvalue weighted by atomic mass is 9.53. The molecule has 7 atom stereocenters. The van der Waals surface area contributed by atoms with Crippen LogP contribution in [0.1, 0.15) is 25.3 Å². The Labute approximate surface area is 153 Å². The van der Waals surface area contributed by atoms with Gasteiger partial charge in [0.2, 0.25) is 5.91 Å². The van der Waals surface area contributed by atoms with Crippen molar-refractivity contribution in [3.05, 3.63) is 41.5 Å². The first-order valence-corrected chi connectivity index (χ1v) is 10.2. The first-order valence-electron chi connectivity index (χ1n) is 10.2. The topological polar surface area (TPSA) is 32.8 Å². The van der Waals surface area contributed by atoms with Gasteiger partial charge in [0, 0.05) is 29.6 Å². The molecule has 3 saturated heterocycles. The number of benzene rings is 1. The lowest BCUT2D eigenvalue weighted by Gasteiger charge is -2.59. The maximum atomic E-state index is 13.5. The Morgan fingerprint density at radius 1 is 1.27 bits per heavy atom. The highest BCUT2D eigenvalue weighted by Crippen LogP contribution is 2.66. The molecule has 0 aromatic heterocycles. The fourth-order valence-electron chi connectivity index (χ4n) is 7.78. The Morgan fingerprint density at radius 3 is 3.08 bits per heavy atom. The molecule has 4 fully saturated rings. The molecule has 134 valence electrons. The van der Waals surface area contributed by atoms with E-state index in [2.05, 4.69) is 47.1 Å². The van der Waals surface area contributed by atoms with E-state index in [0.717, 1.165) is 13.1 Å². The van der Waals surface area contributed by atoms with Gasteiger partial charge in [-0.25, -0.2) is 0 Å². The fourth-order valence-corrected chi connectivity index (χ4v) is 7.78. The number of hydrogen-bond acceptors (Lipinski definition) is 3. The van der Waals surface area contributed by atoms with Crippen LogP contribution in [0.3, 0.4) is 0 Å². The summed E-state index contributed by atoms with van der Waals surface area (Å²) in [6.45, 7) is 5.05. The zero-order valence-corrected chi connectivity index (χ0v) is 15.1. The average molecular weight is 348 g/mol. The van der Waals surface area contributed by atoms with Crippen LogP contribution in [0.15, 0.2) is 35.9 Å². The molecule has 1 amide bonds. The summed E-state index contributed by atoms with van der Waals surface area (Å²) in [4.78, 5) is 18.4. The number of anilines is 1. The van der Waals surface area contributed by atoms with E-state index in [1.165, 1.54) is 24.1 Å². The van der Waals surface area contributed by atoms with Crippen molar-refractivity contribution < 1.29 is 9.53 Å². The average Bonchev–Trinajstić information content (AvgIpc) is 3.12. The third-order valence-electron chi connectivity index (χ3n) is 8.62. The highest BCUT2D eigenvalue weighted by molar-refractivity contribution is 6.00. The van der Waals surface area contributed by atoms with Gasteiger partial charge >= 0.3 is 0 Å². The molecule has 6 aliphatic rings. The van der Waals surface area contributed by atoms with E-state index in [9.17, 15) is 4.79 Å². The van der Waals surface area contributed by atoms with Crippen molar-refractivity contribution in [3.8, 4) is 0 Å². The van der Waals surface area contributed by atoms with Crippen LogP contribution in [0.25, 0.3) is 0 Å². The van der Waals surface area contributed by atoms with Crippen molar-refractivity contribution in [3.63, 3.8) is 0 Å². The quantitative estimate of drug-likeness (QED) is 0.675. The summed E-state index contributed by atoms with van der Waals surface area (Å²) in [6.07, 6.45) is 4.84. The third kappa shape index (κ3) is 1.34. The maximum Gasteiger partial charge on any atom is 0.232 e. The van der Waals surface area contributed by atoms with E-state index < -0.39 is 0 Å². The van der Waals surface area contributed by atoms with Gasteiger partial charge in [-0.3, -0.25) is 9.69 Å². The van der Waals surface area contributed by atoms with Crippen LogP contribution in [0.5, 0.6) is 0 Å². The molecule has 1 unspecified atom stereocenters. The van der Waals surface area contributed by atoms with Crippen LogP contribution >= 0.6 is 0 Å². The van der Waals surface area contributed by atoms with E-state index in [1.807, 2.05) is 0 Å². The lowest BCUT2D eigenvalue weighted by Crippen LogP contribution is -2.71. The number of piperidine rings is 2. The van der Waals surface area contributed by atoms with Gasteiger partial charge < -0.3 is 9.64 Å². The van der Waals surface area contributed by atoms with Gasteiger partial charge in [0.05, 0.1) is 24.7 Å². The summed E-state index contributed by atoms with van der Waals surface area (Å²) in [5.41, 5.74) is 4.33. The Kier molecular flexibility index (Phi) is 2.45. The number of amides is 1. The summed E-state index contributed by atoms with van der Waals surface area (Å²) in [7, 11) is 0. The molecule has 0 radical (unpaired) electrons. The lowest BCUT2D eigenvalue weighted by molar-refractivity contribution is -0.141. The van der Waals surface area contributed by atoms with E-state index in [4.69, 9.17) is 4.74 Å². The predicted octanol–water partition coefficient (Wildman–Crippen LogP) is 2.34. The van der Waals surface area contributed by atoms with Crippen molar-refractivity contribution in [1.82, 2.24) is 4.90 Å². The zero-order chi connectivity index (χ0) is 17.2. The van der Waals surface area contributed by atoms with Gasteiger partial charge in [0.15, 0.2) is 0 Å².